The molecule has 0 saturated carbocycles. The number of ether oxygens (including phenoxy) is 1. The molecule has 0 radical (unpaired) electrons. The molecule has 0 atom stereocenters. The molecule has 0 fully saturated rings. The van der Waals surface area contributed by atoms with Crippen molar-refractivity contribution in [3.63, 3.8) is 0 Å². The SMILES string of the molecule is COc1ccc(-n2nc(C(N)=O)c3c2C(=O)N(c2ccc(NCCCCC(=O)O)cc2)CC3)cc1.Cl. The molecule has 36 heavy (non-hydrogen) atoms. The highest BCUT2D eigenvalue weighted by molar-refractivity contribution is 6.09. The molecule has 190 valence electrons. The lowest BCUT2D eigenvalue weighted by Gasteiger charge is -2.28. The van der Waals surface area contributed by atoms with E-state index >= 15 is 0 Å². The van der Waals surface area contributed by atoms with Crippen molar-refractivity contribution in [3.05, 3.63) is 65.5 Å². The van der Waals surface area contributed by atoms with Crippen LogP contribution in [0.1, 0.15) is 45.8 Å². The van der Waals surface area contributed by atoms with E-state index in [1.807, 2.05) is 24.3 Å². The Kier molecular flexibility index (Phi) is 8.55. The van der Waals surface area contributed by atoms with Gasteiger partial charge in [0, 0.05) is 36.4 Å². The number of nitrogens with one attached hydrogen (secondary N) is 1. The van der Waals surface area contributed by atoms with Gasteiger partial charge in [-0.2, -0.15) is 5.10 Å². The van der Waals surface area contributed by atoms with E-state index < -0.39 is 11.9 Å². The van der Waals surface area contributed by atoms with Crippen molar-refractivity contribution >= 4 is 41.6 Å². The highest BCUT2D eigenvalue weighted by Gasteiger charge is 2.34. The summed E-state index contributed by atoms with van der Waals surface area (Å²) in [6, 6.07) is 14.5. The highest BCUT2D eigenvalue weighted by atomic mass is 35.5. The number of aliphatic carboxylic acids is 1. The largest absolute Gasteiger partial charge is 0.497 e. The number of carbonyl (C=O) groups is 3. The molecule has 2 aromatic carbocycles. The summed E-state index contributed by atoms with van der Waals surface area (Å²) in [6.07, 6.45) is 1.96. The molecule has 0 unspecified atom stereocenters. The first kappa shape index (κ1) is 26.6. The fourth-order valence-corrected chi connectivity index (χ4v) is 4.11. The summed E-state index contributed by atoms with van der Waals surface area (Å²) >= 11 is 0. The van der Waals surface area contributed by atoms with Gasteiger partial charge in [0.15, 0.2) is 5.69 Å². The number of fused-ring (bicyclic) bond motifs is 1. The Morgan fingerprint density at radius 3 is 2.36 bits per heavy atom. The predicted octanol–water partition coefficient (Wildman–Crippen LogP) is 3.27. The van der Waals surface area contributed by atoms with Gasteiger partial charge in [-0.3, -0.25) is 14.4 Å². The number of nitrogens with two attached hydrogens (primary N) is 1. The maximum atomic E-state index is 13.6. The number of carboxylic acids is 1. The monoisotopic (exact) mass is 513 g/mol. The van der Waals surface area contributed by atoms with E-state index in [-0.39, 0.29) is 30.4 Å². The van der Waals surface area contributed by atoms with Crippen molar-refractivity contribution < 1.29 is 24.2 Å². The van der Waals surface area contributed by atoms with Gasteiger partial charge in [0.1, 0.15) is 11.4 Å². The summed E-state index contributed by atoms with van der Waals surface area (Å²) in [6.45, 7) is 1.05. The number of methoxy groups -OCH3 is 1. The summed E-state index contributed by atoms with van der Waals surface area (Å²) in [5.74, 6) is -1.07. The minimum absolute atomic E-state index is 0. The second-order valence-electron chi connectivity index (χ2n) is 8.18. The van der Waals surface area contributed by atoms with Crippen molar-refractivity contribution in [3.8, 4) is 11.4 Å². The lowest BCUT2D eigenvalue weighted by molar-refractivity contribution is -0.137. The fraction of sp³-hybridized carbons (Fsp3) is 0.280. The first-order valence-corrected chi connectivity index (χ1v) is 11.3. The van der Waals surface area contributed by atoms with E-state index in [4.69, 9.17) is 15.6 Å². The third-order valence-corrected chi connectivity index (χ3v) is 5.89. The number of benzene rings is 2. The van der Waals surface area contributed by atoms with Gasteiger partial charge in [0.2, 0.25) is 0 Å². The van der Waals surface area contributed by atoms with Crippen LogP contribution in [0, 0.1) is 0 Å². The zero-order chi connectivity index (χ0) is 24.9. The maximum absolute atomic E-state index is 13.6. The Morgan fingerprint density at radius 2 is 1.75 bits per heavy atom. The maximum Gasteiger partial charge on any atom is 0.303 e. The molecule has 0 saturated heterocycles. The summed E-state index contributed by atoms with van der Waals surface area (Å²) in [7, 11) is 1.57. The number of nitrogens with zero attached hydrogens (tertiary/aromatic N) is 3. The predicted molar refractivity (Wildman–Crippen MR) is 138 cm³/mol. The number of carboxylic acid groups (broad SMARTS) is 1. The Balaban J connectivity index is 0.00000361. The van der Waals surface area contributed by atoms with Crippen molar-refractivity contribution in [2.45, 2.75) is 25.7 Å². The fourth-order valence-electron chi connectivity index (χ4n) is 4.11. The van der Waals surface area contributed by atoms with Gasteiger partial charge < -0.3 is 25.8 Å². The van der Waals surface area contributed by atoms with Gasteiger partial charge in [-0.15, -0.1) is 12.4 Å². The smallest absolute Gasteiger partial charge is 0.303 e. The molecule has 11 heteroatoms. The van der Waals surface area contributed by atoms with E-state index in [1.165, 1.54) is 4.68 Å². The number of aromatic nitrogens is 2. The Bertz CT molecular complexity index is 1240. The van der Waals surface area contributed by atoms with E-state index in [0.717, 1.165) is 17.8 Å². The van der Waals surface area contributed by atoms with Gasteiger partial charge in [-0.1, -0.05) is 0 Å². The van der Waals surface area contributed by atoms with Crippen LogP contribution >= 0.6 is 12.4 Å². The standard InChI is InChI=1S/C25H27N5O5.ClH/c1-35-19-11-9-18(10-12-19)30-23-20(22(28-30)24(26)33)13-15-29(25(23)34)17-7-5-16(6-8-17)27-14-3-2-4-21(31)32;/h5-12,27H,2-4,13-15H2,1H3,(H2,26,33)(H,31,32);1H. The van der Waals surface area contributed by atoms with E-state index in [2.05, 4.69) is 10.4 Å². The molecule has 10 nitrogen and oxygen atoms in total. The molecule has 1 aliphatic rings. The molecule has 1 aromatic heterocycles. The number of hydrogen-bond acceptors (Lipinski definition) is 6. The normalized spacial score (nSPS) is 12.5. The van der Waals surface area contributed by atoms with Crippen LogP contribution in [0.5, 0.6) is 5.75 Å². The molecule has 1 aliphatic heterocycles. The van der Waals surface area contributed by atoms with Crippen LogP contribution in [-0.4, -0.2) is 52.9 Å². The highest BCUT2D eigenvalue weighted by Crippen LogP contribution is 2.30. The zero-order valence-corrected chi connectivity index (χ0v) is 20.6. The molecular weight excluding hydrogens is 486 g/mol. The summed E-state index contributed by atoms with van der Waals surface area (Å²) < 4.78 is 6.67. The van der Waals surface area contributed by atoms with E-state index in [1.54, 1.807) is 36.3 Å². The molecular formula is C25H28ClN5O5. The van der Waals surface area contributed by atoms with Crippen LogP contribution in [0.2, 0.25) is 0 Å². The molecule has 3 aromatic rings. The van der Waals surface area contributed by atoms with Crippen molar-refractivity contribution in [1.29, 1.82) is 0 Å². The average molecular weight is 514 g/mol. The Labute approximate surface area is 214 Å². The molecule has 2 amide bonds. The van der Waals surface area contributed by atoms with Crippen LogP contribution in [0.15, 0.2) is 48.5 Å². The summed E-state index contributed by atoms with van der Waals surface area (Å²) in [5.41, 5.74) is 8.75. The summed E-state index contributed by atoms with van der Waals surface area (Å²) in [5, 5.41) is 16.3. The Hall–Kier alpha value is -4.05. The molecule has 0 bridgehead atoms. The number of carbonyl (C=O) groups excluding carboxylic acids is 2. The first-order valence-electron chi connectivity index (χ1n) is 11.3. The topological polar surface area (TPSA) is 140 Å². The van der Waals surface area contributed by atoms with Gasteiger partial charge >= 0.3 is 5.97 Å². The van der Waals surface area contributed by atoms with Crippen LogP contribution in [0.4, 0.5) is 11.4 Å². The molecule has 4 N–H and O–H groups in total. The Morgan fingerprint density at radius 1 is 1.08 bits per heavy atom. The van der Waals surface area contributed by atoms with E-state index in [0.29, 0.717) is 48.6 Å². The first-order chi connectivity index (χ1) is 16.9. The van der Waals surface area contributed by atoms with Gasteiger partial charge in [0.05, 0.1) is 12.8 Å². The van der Waals surface area contributed by atoms with Crippen LogP contribution in [0.3, 0.4) is 0 Å². The number of primary amides is 1. The average Bonchev–Trinajstić information content (AvgIpc) is 3.25. The third-order valence-electron chi connectivity index (χ3n) is 5.89. The number of anilines is 2. The molecule has 0 aliphatic carbocycles. The second-order valence-corrected chi connectivity index (χ2v) is 8.18. The van der Waals surface area contributed by atoms with Crippen LogP contribution < -0.4 is 20.7 Å². The number of unbranched alkanes of at least 4 members (excludes halogenated alkanes) is 1. The second kappa shape index (κ2) is 11.6. The number of amides is 2. The third kappa shape index (κ3) is 5.60. The number of rotatable bonds is 10. The lowest BCUT2D eigenvalue weighted by Crippen LogP contribution is -2.39. The van der Waals surface area contributed by atoms with Gasteiger partial charge in [0.25, 0.3) is 11.8 Å². The summed E-state index contributed by atoms with van der Waals surface area (Å²) in [4.78, 5) is 37.9. The number of halogens is 1. The zero-order valence-electron chi connectivity index (χ0n) is 19.8. The van der Waals surface area contributed by atoms with E-state index in [9.17, 15) is 14.4 Å². The minimum atomic E-state index is -0.792. The quantitative estimate of drug-likeness (QED) is 0.353. The van der Waals surface area contributed by atoms with Crippen molar-refractivity contribution in [2.75, 3.05) is 30.4 Å². The number of hydrogen-bond donors (Lipinski definition) is 3. The van der Waals surface area contributed by atoms with Gasteiger partial charge in [-0.05, 0) is 67.8 Å². The van der Waals surface area contributed by atoms with Crippen LogP contribution in [0.25, 0.3) is 5.69 Å². The minimum Gasteiger partial charge on any atom is -0.497 e. The molecule has 4 rings (SSSR count). The molecule has 2 heterocycles. The van der Waals surface area contributed by atoms with Crippen molar-refractivity contribution in [1.82, 2.24) is 9.78 Å². The molecule has 0 spiro atoms. The van der Waals surface area contributed by atoms with Gasteiger partial charge in [-0.25, -0.2) is 4.68 Å². The lowest BCUT2D eigenvalue weighted by atomic mass is 10.0. The van der Waals surface area contributed by atoms with Crippen LogP contribution in [-0.2, 0) is 11.2 Å². The van der Waals surface area contributed by atoms with Crippen molar-refractivity contribution in [2.24, 2.45) is 5.73 Å².